The number of nitrogens with zero attached hydrogens (tertiary/aromatic N) is 3. The molecule has 3 rings (SSSR count). The maximum absolute atomic E-state index is 5.33. The zero-order valence-corrected chi connectivity index (χ0v) is 13.4. The molecule has 7 heteroatoms. The number of methoxy groups -OCH3 is 2. The molecule has 0 aliphatic rings. The third-order valence-corrected chi connectivity index (χ3v) is 3.26. The van der Waals surface area contributed by atoms with Gasteiger partial charge >= 0.3 is 0 Å². The number of anilines is 4. The average Bonchev–Trinajstić information content (AvgIpc) is 2.63. The molecule has 2 aromatic carbocycles. The normalized spacial score (nSPS) is 10.1. The van der Waals surface area contributed by atoms with E-state index in [2.05, 4.69) is 25.8 Å². The average molecular weight is 323 g/mol. The van der Waals surface area contributed by atoms with Crippen molar-refractivity contribution in [2.75, 3.05) is 24.9 Å². The molecule has 0 aliphatic heterocycles. The Kier molecular flexibility index (Phi) is 4.71. The molecular weight excluding hydrogens is 306 g/mol. The third-order valence-electron chi connectivity index (χ3n) is 3.26. The van der Waals surface area contributed by atoms with E-state index in [0.717, 1.165) is 5.69 Å². The molecule has 1 heterocycles. The highest BCUT2D eigenvalue weighted by Gasteiger charge is 2.08. The van der Waals surface area contributed by atoms with Crippen molar-refractivity contribution in [2.45, 2.75) is 0 Å². The number of nitrogens with one attached hydrogen (secondary N) is 2. The van der Waals surface area contributed by atoms with Crippen LogP contribution >= 0.6 is 0 Å². The second-order valence-corrected chi connectivity index (χ2v) is 4.85. The molecule has 24 heavy (non-hydrogen) atoms. The van der Waals surface area contributed by atoms with Crippen molar-refractivity contribution in [3.63, 3.8) is 0 Å². The van der Waals surface area contributed by atoms with Crippen molar-refractivity contribution in [3.05, 3.63) is 54.7 Å². The molecule has 3 aromatic rings. The SMILES string of the molecule is COc1ccc(OC)c(Nc2nncc(Nc3ccccc3)n2)c1. The van der Waals surface area contributed by atoms with E-state index in [9.17, 15) is 0 Å². The minimum Gasteiger partial charge on any atom is -0.497 e. The molecule has 0 fully saturated rings. The molecule has 0 bridgehead atoms. The predicted molar refractivity (Wildman–Crippen MR) is 92.4 cm³/mol. The van der Waals surface area contributed by atoms with E-state index in [1.165, 1.54) is 0 Å². The monoisotopic (exact) mass is 323 g/mol. The first-order chi connectivity index (χ1) is 11.8. The Bertz CT molecular complexity index is 811. The van der Waals surface area contributed by atoms with E-state index in [1.807, 2.05) is 36.4 Å². The van der Waals surface area contributed by atoms with Gasteiger partial charge in [-0.3, -0.25) is 0 Å². The van der Waals surface area contributed by atoms with Crippen LogP contribution in [-0.2, 0) is 0 Å². The van der Waals surface area contributed by atoms with Gasteiger partial charge in [-0.1, -0.05) is 18.2 Å². The van der Waals surface area contributed by atoms with Gasteiger partial charge in [-0.2, -0.15) is 10.1 Å². The van der Waals surface area contributed by atoms with Crippen molar-refractivity contribution in [1.29, 1.82) is 0 Å². The first kappa shape index (κ1) is 15.5. The standard InChI is InChI=1S/C17H17N5O2/c1-23-13-8-9-15(24-2)14(10-13)20-17-21-16(11-18-22-17)19-12-6-4-3-5-7-12/h3-11H,1-2H3,(H2,19,20,21,22). The Hall–Kier alpha value is -3.35. The highest BCUT2D eigenvalue weighted by atomic mass is 16.5. The third kappa shape index (κ3) is 3.70. The second-order valence-electron chi connectivity index (χ2n) is 4.85. The number of ether oxygens (including phenoxy) is 2. The molecular formula is C17H17N5O2. The van der Waals surface area contributed by atoms with E-state index in [4.69, 9.17) is 9.47 Å². The summed E-state index contributed by atoms with van der Waals surface area (Å²) in [6.45, 7) is 0. The Morgan fingerprint density at radius 2 is 1.75 bits per heavy atom. The molecule has 2 N–H and O–H groups in total. The summed E-state index contributed by atoms with van der Waals surface area (Å²) in [6, 6.07) is 15.1. The van der Waals surface area contributed by atoms with Crippen LogP contribution in [0.3, 0.4) is 0 Å². The fourth-order valence-corrected chi connectivity index (χ4v) is 2.12. The fraction of sp³-hybridized carbons (Fsp3) is 0.118. The number of aromatic nitrogens is 3. The van der Waals surface area contributed by atoms with Crippen LogP contribution in [0.2, 0.25) is 0 Å². The summed E-state index contributed by atoms with van der Waals surface area (Å²) < 4.78 is 10.6. The second kappa shape index (κ2) is 7.28. The van der Waals surface area contributed by atoms with Crippen molar-refractivity contribution < 1.29 is 9.47 Å². The molecule has 0 radical (unpaired) electrons. The lowest BCUT2D eigenvalue weighted by molar-refractivity contribution is 0.405. The Labute approximate surface area is 139 Å². The van der Waals surface area contributed by atoms with Crippen LogP contribution in [0.5, 0.6) is 11.5 Å². The van der Waals surface area contributed by atoms with Crippen molar-refractivity contribution in [1.82, 2.24) is 15.2 Å². The van der Waals surface area contributed by atoms with Crippen LogP contribution in [0.15, 0.2) is 54.7 Å². The highest BCUT2D eigenvalue weighted by molar-refractivity contribution is 5.65. The van der Waals surface area contributed by atoms with Crippen LogP contribution in [0, 0.1) is 0 Å². The molecule has 1 aromatic heterocycles. The molecule has 0 unspecified atom stereocenters. The van der Waals surface area contributed by atoms with Crippen LogP contribution < -0.4 is 20.1 Å². The molecule has 0 aliphatic carbocycles. The zero-order chi connectivity index (χ0) is 16.8. The maximum atomic E-state index is 5.33. The van der Waals surface area contributed by atoms with Gasteiger partial charge in [0.2, 0.25) is 5.95 Å². The Morgan fingerprint density at radius 1 is 0.917 bits per heavy atom. The lowest BCUT2D eigenvalue weighted by Crippen LogP contribution is -2.03. The largest absolute Gasteiger partial charge is 0.497 e. The summed E-state index contributed by atoms with van der Waals surface area (Å²) in [5.41, 5.74) is 1.61. The predicted octanol–water partition coefficient (Wildman–Crippen LogP) is 3.38. The minimum atomic E-state index is 0.350. The first-order valence-corrected chi connectivity index (χ1v) is 7.29. The van der Waals surface area contributed by atoms with Gasteiger partial charge < -0.3 is 20.1 Å². The van der Waals surface area contributed by atoms with E-state index in [0.29, 0.717) is 29.0 Å². The Morgan fingerprint density at radius 3 is 2.50 bits per heavy atom. The van der Waals surface area contributed by atoms with Crippen molar-refractivity contribution in [3.8, 4) is 11.5 Å². The van der Waals surface area contributed by atoms with Gasteiger partial charge in [-0.25, -0.2) is 0 Å². The molecule has 122 valence electrons. The number of hydrogen-bond acceptors (Lipinski definition) is 7. The number of benzene rings is 2. The van der Waals surface area contributed by atoms with Crippen LogP contribution in [0.4, 0.5) is 23.1 Å². The van der Waals surface area contributed by atoms with E-state index >= 15 is 0 Å². The van der Waals surface area contributed by atoms with Gasteiger partial charge in [0.1, 0.15) is 11.5 Å². The van der Waals surface area contributed by atoms with Gasteiger partial charge in [0.25, 0.3) is 0 Å². The van der Waals surface area contributed by atoms with Crippen molar-refractivity contribution >= 4 is 23.1 Å². The van der Waals surface area contributed by atoms with Gasteiger partial charge in [0.05, 0.1) is 26.1 Å². The zero-order valence-electron chi connectivity index (χ0n) is 13.4. The number of rotatable bonds is 6. The fourth-order valence-electron chi connectivity index (χ4n) is 2.12. The summed E-state index contributed by atoms with van der Waals surface area (Å²) in [5.74, 6) is 2.29. The maximum Gasteiger partial charge on any atom is 0.249 e. The molecule has 0 saturated carbocycles. The van der Waals surface area contributed by atoms with Crippen molar-refractivity contribution in [2.24, 2.45) is 0 Å². The van der Waals surface area contributed by atoms with E-state index in [-0.39, 0.29) is 0 Å². The Balaban J connectivity index is 1.82. The molecule has 0 atom stereocenters. The van der Waals surface area contributed by atoms with Crippen LogP contribution in [0.25, 0.3) is 0 Å². The first-order valence-electron chi connectivity index (χ1n) is 7.29. The van der Waals surface area contributed by atoms with Gasteiger partial charge in [-0.05, 0) is 24.3 Å². The van der Waals surface area contributed by atoms with E-state index < -0.39 is 0 Å². The smallest absolute Gasteiger partial charge is 0.249 e. The quantitative estimate of drug-likeness (QED) is 0.719. The summed E-state index contributed by atoms with van der Waals surface area (Å²) >= 11 is 0. The highest BCUT2D eigenvalue weighted by Crippen LogP contribution is 2.30. The van der Waals surface area contributed by atoms with Gasteiger partial charge in [0.15, 0.2) is 5.82 Å². The van der Waals surface area contributed by atoms with Gasteiger partial charge in [0, 0.05) is 11.8 Å². The minimum absolute atomic E-state index is 0.350. The molecule has 0 amide bonds. The van der Waals surface area contributed by atoms with Crippen LogP contribution in [-0.4, -0.2) is 29.4 Å². The molecule has 0 spiro atoms. The topological polar surface area (TPSA) is 81.2 Å². The summed E-state index contributed by atoms with van der Waals surface area (Å²) in [6.07, 6.45) is 1.56. The lowest BCUT2D eigenvalue weighted by Gasteiger charge is -2.12. The van der Waals surface area contributed by atoms with Gasteiger partial charge in [-0.15, -0.1) is 5.10 Å². The molecule has 0 saturated heterocycles. The van der Waals surface area contributed by atoms with E-state index in [1.54, 1.807) is 32.5 Å². The molecule has 7 nitrogen and oxygen atoms in total. The van der Waals surface area contributed by atoms with Crippen LogP contribution in [0.1, 0.15) is 0 Å². The summed E-state index contributed by atoms with van der Waals surface area (Å²) in [7, 11) is 3.20. The summed E-state index contributed by atoms with van der Waals surface area (Å²) in [4.78, 5) is 4.40. The lowest BCUT2D eigenvalue weighted by atomic mass is 10.2. The summed E-state index contributed by atoms with van der Waals surface area (Å²) in [5, 5.41) is 14.2. The number of hydrogen-bond donors (Lipinski definition) is 2. The number of para-hydroxylation sites is 1.